The number of furan rings is 1. The summed E-state index contributed by atoms with van der Waals surface area (Å²) in [4.78, 5) is 22.5. The molecule has 0 aliphatic carbocycles. The number of thiocarbonyl (C=S) groups is 1. The van der Waals surface area contributed by atoms with Crippen molar-refractivity contribution in [2.24, 2.45) is 0 Å². The molecule has 2 aromatic carbocycles. The molecule has 2 N–H and O–H groups in total. The van der Waals surface area contributed by atoms with Crippen LogP contribution in [0.4, 0.5) is 11.4 Å². The highest BCUT2D eigenvalue weighted by Gasteiger charge is 2.16. The largest absolute Gasteiger partial charge is 0.457 e. The van der Waals surface area contributed by atoms with Crippen molar-refractivity contribution in [2.45, 2.75) is 6.92 Å². The van der Waals surface area contributed by atoms with Gasteiger partial charge < -0.3 is 9.73 Å². The normalized spacial score (nSPS) is 10.9. The highest BCUT2D eigenvalue weighted by atomic mass is 35.5. The summed E-state index contributed by atoms with van der Waals surface area (Å²) in [5, 5.41) is 17.1. The van der Waals surface area contributed by atoms with Crippen LogP contribution in [0, 0.1) is 17.0 Å². The molecule has 11 heteroatoms. The number of nitro benzene ring substituents is 1. The van der Waals surface area contributed by atoms with E-state index in [4.69, 9.17) is 51.4 Å². The molecule has 0 radical (unpaired) electrons. The van der Waals surface area contributed by atoms with E-state index in [1.54, 1.807) is 37.3 Å². The summed E-state index contributed by atoms with van der Waals surface area (Å²) in [6, 6.07) is 11.1. The van der Waals surface area contributed by atoms with Crippen molar-refractivity contribution in [3.8, 4) is 11.3 Å². The number of hydrogen-bond donors (Lipinski definition) is 2. The Kier molecular flexibility index (Phi) is 7.52. The van der Waals surface area contributed by atoms with Crippen molar-refractivity contribution in [1.82, 2.24) is 5.32 Å². The molecule has 1 aromatic heterocycles. The first kappa shape index (κ1) is 23.7. The zero-order chi connectivity index (χ0) is 23.4. The van der Waals surface area contributed by atoms with E-state index in [0.29, 0.717) is 38.4 Å². The standard InChI is InChI=1S/C21H14Cl3N3O4S/c1-11-6-18(27(29)30)16(24)10-17(11)25-21(32)26-20(28)5-3-15-2-4-19(31-15)12-7-13(22)9-14(23)8-12/h2-10H,1H3,(H2,25,26,28,32)/b5-3+. The van der Waals surface area contributed by atoms with Crippen LogP contribution in [-0.4, -0.2) is 15.9 Å². The van der Waals surface area contributed by atoms with Crippen LogP contribution in [0.5, 0.6) is 0 Å². The maximum absolute atomic E-state index is 12.2. The molecule has 164 valence electrons. The Bertz CT molecular complexity index is 1240. The summed E-state index contributed by atoms with van der Waals surface area (Å²) in [5.41, 5.74) is 1.46. The molecule has 0 aliphatic rings. The number of nitro groups is 1. The van der Waals surface area contributed by atoms with E-state index in [-0.39, 0.29) is 15.8 Å². The van der Waals surface area contributed by atoms with Crippen LogP contribution in [-0.2, 0) is 4.79 Å². The van der Waals surface area contributed by atoms with Crippen LogP contribution < -0.4 is 10.6 Å². The first-order chi connectivity index (χ1) is 15.1. The van der Waals surface area contributed by atoms with Crippen LogP contribution in [0.1, 0.15) is 11.3 Å². The average molecular weight is 511 g/mol. The maximum Gasteiger partial charge on any atom is 0.288 e. The molecule has 7 nitrogen and oxygen atoms in total. The molecule has 3 rings (SSSR count). The number of amides is 1. The van der Waals surface area contributed by atoms with E-state index < -0.39 is 10.8 Å². The van der Waals surface area contributed by atoms with Gasteiger partial charge in [-0.05, 0) is 67.2 Å². The molecule has 0 saturated heterocycles. The Hall–Kier alpha value is -2.91. The minimum Gasteiger partial charge on any atom is -0.457 e. The molecule has 0 saturated carbocycles. The second kappa shape index (κ2) is 10.1. The molecule has 1 heterocycles. The molecule has 0 fully saturated rings. The van der Waals surface area contributed by atoms with Crippen LogP contribution in [0.15, 0.2) is 53.0 Å². The van der Waals surface area contributed by atoms with Gasteiger partial charge in [0, 0.05) is 33.4 Å². The van der Waals surface area contributed by atoms with E-state index in [1.165, 1.54) is 24.3 Å². The number of halogens is 3. The van der Waals surface area contributed by atoms with Crippen molar-refractivity contribution in [1.29, 1.82) is 0 Å². The zero-order valence-corrected chi connectivity index (χ0v) is 19.4. The highest BCUT2D eigenvalue weighted by molar-refractivity contribution is 7.80. The third-order valence-corrected chi connectivity index (χ3v) is 5.09. The molecule has 0 atom stereocenters. The molecular formula is C21H14Cl3N3O4S. The predicted molar refractivity (Wildman–Crippen MR) is 130 cm³/mol. The number of nitrogens with one attached hydrogen (secondary N) is 2. The Balaban J connectivity index is 1.62. The maximum atomic E-state index is 12.2. The molecule has 3 aromatic rings. The third kappa shape index (κ3) is 6.08. The minimum absolute atomic E-state index is 0.00127. The van der Waals surface area contributed by atoms with Gasteiger partial charge in [0.25, 0.3) is 5.69 Å². The number of carbonyl (C=O) groups is 1. The summed E-state index contributed by atoms with van der Waals surface area (Å²) in [5.74, 6) is 0.470. The van der Waals surface area contributed by atoms with Crippen LogP contribution >= 0.6 is 47.0 Å². The molecule has 0 spiro atoms. The lowest BCUT2D eigenvalue weighted by molar-refractivity contribution is -0.384. The lowest BCUT2D eigenvalue weighted by Crippen LogP contribution is -2.33. The highest BCUT2D eigenvalue weighted by Crippen LogP contribution is 2.31. The fraction of sp³-hybridized carbons (Fsp3) is 0.0476. The van der Waals surface area contributed by atoms with Gasteiger partial charge in [0.15, 0.2) is 5.11 Å². The van der Waals surface area contributed by atoms with E-state index in [2.05, 4.69) is 10.6 Å². The van der Waals surface area contributed by atoms with Crippen molar-refractivity contribution in [3.63, 3.8) is 0 Å². The number of rotatable bonds is 5. The van der Waals surface area contributed by atoms with Gasteiger partial charge in [0.05, 0.1) is 4.92 Å². The first-order valence-corrected chi connectivity index (χ1v) is 10.5. The average Bonchev–Trinajstić information content (AvgIpc) is 3.17. The van der Waals surface area contributed by atoms with Gasteiger partial charge in [0.1, 0.15) is 16.5 Å². The predicted octanol–water partition coefficient (Wildman–Crippen LogP) is 6.65. The van der Waals surface area contributed by atoms with E-state index in [1.807, 2.05) is 0 Å². The van der Waals surface area contributed by atoms with Crippen molar-refractivity contribution in [2.75, 3.05) is 5.32 Å². The van der Waals surface area contributed by atoms with E-state index in [0.717, 1.165) is 0 Å². The lowest BCUT2D eigenvalue weighted by Gasteiger charge is -2.11. The third-order valence-electron chi connectivity index (χ3n) is 4.15. The molecule has 0 aliphatic heterocycles. The van der Waals surface area contributed by atoms with Crippen LogP contribution in [0.25, 0.3) is 17.4 Å². The van der Waals surface area contributed by atoms with Gasteiger partial charge >= 0.3 is 0 Å². The molecule has 0 unspecified atom stereocenters. The van der Waals surface area contributed by atoms with Crippen LogP contribution in [0.3, 0.4) is 0 Å². The SMILES string of the molecule is Cc1cc([N+](=O)[O-])c(Cl)cc1NC(=S)NC(=O)/C=C/c1ccc(-c2cc(Cl)cc(Cl)c2)o1. The second-order valence-electron chi connectivity index (χ2n) is 6.51. The number of aryl methyl sites for hydroxylation is 1. The summed E-state index contributed by atoms with van der Waals surface area (Å²) < 4.78 is 5.69. The first-order valence-electron chi connectivity index (χ1n) is 8.93. The zero-order valence-electron chi connectivity index (χ0n) is 16.3. The Morgan fingerprint density at radius 2 is 1.81 bits per heavy atom. The summed E-state index contributed by atoms with van der Waals surface area (Å²) >= 11 is 23.1. The van der Waals surface area contributed by atoms with Gasteiger partial charge in [0.2, 0.25) is 5.91 Å². The second-order valence-corrected chi connectivity index (χ2v) is 8.20. The Morgan fingerprint density at radius 1 is 1.12 bits per heavy atom. The van der Waals surface area contributed by atoms with Crippen molar-refractivity contribution < 1.29 is 14.1 Å². The topological polar surface area (TPSA) is 97.4 Å². The smallest absolute Gasteiger partial charge is 0.288 e. The Morgan fingerprint density at radius 3 is 2.47 bits per heavy atom. The lowest BCUT2D eigenvalue weighted by atomic mass is 10.2. The van der Waals surface area contributed by atoms with Crippen molar-refractivity contribution in [3.05, 3.63) is 85.0 Å². The van der Waals surface area contributed by atoms with Gasteiger partial charge in [-0.1, -0.05) is 34.8 Å². The number of benzene rings is 2. The fourth-order valence-electron chi connectivity index (χ4n) is 2.70. The molecule has 1 amide bonds. The summed E-state index contributed by atoms with van der Waals surface area (Å²) in [7, 11) is 0. The summed E-state index contributed by atoms with van der Waals surface area (Å²) in [6.45, 7) is 1.65. The fourth-order valence-corrected chi connectivity index (χ4v) is 3.67. The molecular weight excluding hydrogens is 497 g/mol. The Labute approximate surface area is 203 Å². The van der Waals surface area contributed by atoms with Gasteiger partial charge in [-0.15, -0.1) is 0 Å². The summed E-state index contributed by atoms with van der Waals surface area (Å²) in [6.07, 6.45) is 2.72. The number of hydrogen-bond acceptors (Lipinski definition) is 5. The molecule has 32 heavy (non-hydrogen) atoms. The minimum atomic E-state index is -0.578. The monoisotopic (exact) mass is 509 g/mol. The van der Waals surface area contributed by atoms with Gasteiger partial charge in [-0.3, -0.25) is 20.2 Å². The van der Waals surface area contributed by atoms with E-state index in [9.17, 15) is 14.9 Å². The van der Waals surface area contributed by atoms with Crippen molar-refractivity contribution >= 4 is 75.5 Å². The quantitative estimate of drug-likeness (QED) is 0.173. The number of anilines is 1. The van der Waals surface area contributed by atoms with Crippen LogP contribution in [0.2, 0.25) is 15.1 Å². The van der Waals surface area contributed by atoms with E-state index >= 15 is 0 Å². The molecule has 0 bridgehead atoms. The number of nitrogens with zero attached hydrogens (tertiary/aromatic N) is 1. The van der Waals surface area contributed by atoms with Gasteiger partial charge in [-0.25, -0.2) is 0 Å². The van der Waals surface area contributed by atoms with Gasteiger partial charge in [-0.2, -0.15) is 0 Å². The number of carbonyl (C=O) groups excluding carboxylic acids is 1.